The molecule has 1 heterocycles. The number of H-pyrrole nitrogens is 1. The van der Waals surface area contributed by atoms with Crippen LogP contribution in [0.3, 0.4) is 0 Å². The molecule has 3 nitrogen and oxygen atoms in total. The number of aromatic amines is 1. The van der Waals surface area contributed by atoms with Crippen molar-refractivity contribution in [2.45, 2.75) is 19.4 Å². The van der Waals surface area contributed by atoms with E-state index in [-0.39, 0.29) is 6.10 Å². The maximum absolute atomic E-state index is 6.00. The first-order valence-electron chi connectivity index (χ1n) is 6.99. The van der Waals surface area contributed by atoms with Gasteiger partial charge in [0.15, 0.2) is 0 Å². The second kappa shape index (κ2) is 5.88. The summed E-state index contributed by atoms with van der Waals surface area (Å²) in [5, 5.41) is 0. The van der Waals surface area contributed by atoms with Gasteiger partial charge in [-0.25, -0.2) is 4.98 Å². The molecular formula is C17H18N2O. The number of ether oxygens (including phenoxy) is 1. The normalized spacial score (nSPS) is 12.7. The molecule has 0 amide bonds. The molecule has 0 saturated carbocycles. The third-order valence-electron chi connectivity index (χ3n) is 3.25. The fraction of sp³-hybridized carbons (Fsp3) is 0.235. The van der Waals surface area contributed by atoms with Gasteiger partial charge in [0.2, 0.25) is 0 Å². The summed E-state index contributed by atoms with van der Waals surface area (Å²) < 4.78 is 6.00. The standard InChI is InChI=1S/C17H18N2O/c1-2-12-20-16(13-8-4-3-5-9-13)17-18-14-10-6-7-11-15(14)19-17/h3-11,16H,2,12H2,1H3,(H,18,19). The predicted molar refractivity (Wildman–Crippen MR) is 80.6 cm³/mol. The SMILES string of the molecule is CCCOC(c1ccccc1)c1nc2ccccc2[nH]1. The van der Waals surface area contributed by atoms with E-state index in [4.69, 9.17) is 4.74 Å². The summed E-state index contributed by atoms with van der Waals surface area (Å²) in [6, 6.07) is 18.3. The van der Waals surface area contributed by atoms with Gasteiger partial charge in [-0.3, -0.25) is 0 Å². The molecule has 3 aromatic rings. The molecule has 1 N–H and O–H groups in total. The van der Waals surface area contributed by atoms with Gasteiger partial charge in [0.1, 0.15) is 11.9 Å². The van der Waals surface area contributed by atoms with E-state index in [1.807, 2.05) is 42.5 Å². The van der Waals surface area contributed by atoms with Crippen LogP contribution in [0.1, 0.15) is 30.8 Å². The molecule has 1 aromatic heterocycles. The smallest absolute Gasteiger partial charge is 0.141 e. The number of benzene rings is 2. The van der Waals surface area contributed by atoms with Crippen LogP contribution in [0, 0.1) is 0 Å². The molecule has 0 spiro atoms. The van der Waals surface area contributed by atoms with Gasteiger partial charge >= 0.3 is 0 Å². The highest BCUT2D eigenvalue weighted by Gasteiger charge is 2.18. The van der Waals surface area contributed by atoms with Gasteiger partial charge in [-0.05, 0) is 24.1 Å². The first-order valence-corrected chi connectivity index (χ1v) is 6.99. The summed E-state index contributed by atoms with van der Waals surface area (Å²) in [5.41, 5.74) is 3.15. The quantitative estimate of drug-likeness (QED) is 0.755. The number of rotatable bonds is 5. The lowest BCUT2D eigenvalue weighted by molar-refractivity contribution is 0.0755. The number of fused-ring (bicyclic) bond motifs is 1. The second-order valence-electron chi connectivity index (χ2n) is 4.80. The van der Waals surface area contributed by atoms with Gasteiger partial charge < -0.3 is 9.72 Å². The lowest BCUT2D eigenvalue weighted by Gasteiger charge is -2.15. The molecule has 1 unspecified atom stereocenters. The van der Waals surface area contributed by atoms with E-state index in [1.54, 1.807) is 0 Å². The van der Waals surface area contributed by atoms with Crippen LogP contribution in [0.4, 0.5) is 0 Å². The Hall–Kier alpha value is -2.13. The molecule has 20 heavy (non-hydrogen) atoms. The summed E-state index contributed by atoms with van der Waals surface area (Å²) >= 11 is 0. The average Bonchev–Trinajstić information content (AvgIpc) is 2.92. The fourth-order valence-corrected chi connectivity index (χ4v) is 2.29. The Morgan fingerprint density at radius 3 is 2.55 bits per heavy atom. The summed E-state index contributed by atoms with van der Waals surface area (Å²) in [7, 11) is 0. The zero-order valence-electron chi connectivity index (χ0n) is 11.5. The Morgan fingerprint density at radius 1 is 1.05 bits per heavy atom. The largest absolute Gasteiger partial charge is 0.366 e. The van der Waals surface area contributed by atoms with Gasteiger partial charge in [0.05, 0.1) is 11.0 Å². The van der Waals surface area contributed by atoms with Crippen LogP contribution in [0.2, 0.25) is 0 Å². The van der Waals surface area contributed by atoms with E-state index in [1.165, 1.54) is 0 Å². The van der Waals surface area contributed by atoms with Gasteiger partial charge in [-0.2, -0.15) is 0 Å². The highest BCUT2D eigenvalue weighted by Crippen LogP contribution is 2.25. The molecule has 2 aromatic carbocycles. The van der Waals surface area contributed by atoms with Crippen molar-refractivity contribution in [1.29, 1.82) is 0 Å². The highest BCUT2D eigenvalue weighted by molar-refractivity contribution is 5.74. The van der Waals surface area contributed by atoms with Crippen LogP contribution in [-0.2, 0) is 4.74 Å². The minimum absolute atomic E-state index is 0.136. The number of hydrogen-bond donors (Lipinski definition) is 1. The number of nitrogens with zero attached hydrogens (tertiary/aromatic N) is 1. The van der Waals surface area contributed by atoms with Crippen molar-refractivity contribution >= 4 is 11.0 Å². The zero-order chi connectivity index (χ0) is 13.8. The molecule has 1 atom stereocenters. The van der Waals surface area contributed by atoms with E-state index in [0.717, 1.165) is 35.4 Å². The Morgan fingerprint density at radius 2 is 1.80 bits per heavy atom. The Balaban J connectivity index is 2.00. The van der Waals surface area contributed by atoms with E-state index >= 15 is 0 Å². The van der Waals surface area contributed by atoms with Crippen molar-refractivity contribution < 1.29 is 4.74 Å². The topological polar surface area (TPSA) is 37.9 Å². The monoisotopic (exact) mass is 266 g/mol. The number of aromatic nitrogens is 2. The van der Waals surface area contributed by atoms with Gasteiger partial charge in [0, 0.05) is 6.61 Å². The minimum atomic E-state index is -0.136. The summed E-state index contributed by atoms with van der Waals surface area (Å²) in [5.74, 6) is 0.867. The molecule has 0 aliphatic heterocycles. The minimum Gasteiger partial charge on any atom is -0.366 e. The molecule has 3 heteroatoms. The number of hydrogen-bond acceptors (Lipinski definition) is 2. The van der Waals surface area contributed by atoms with E-state index in [9.17, 15) is 0 Å². The predicted octanol–water partition coefficient (Wildman–Crippen LogP) is 4.08. The fourth-order valence-electron chi connectivity index (χ4n) is 2.29. The Kier molecular flexibility index (Phi) is 3.79. The van der Waals surface area contributed by atoms with Crippen LogP contribution in [0.15, 0.2) is 54.6 Å². The van der Waals surface area contributed by atoms with Crippen molar-refractivity contribution in [1.82, 2.24) is 9.97 Å². The second-order valence-corrected chi connectivity index (χ2v) is 4.80. The first-order chi connectivity index (χ1) is 9.88. The van der Waals surface area contributed by atoms with Crippen LogP contribution in [-0.4, -0.2) is 16.6 Å². The zero-order valence-corrected chi connectivity index (χ0v) is 11.5. The van der Waals surface area contributed by atoms with Crippen molar-refractivity contribution in [2.24, 2.45) is 0 Å². The van der Waals surface area contributed by atoms with E-state index in [0.29, 0.717) is 0 Å². The third kappa shape index (κ3) is 2.58. The summed E-state index contributed by atoms with van der Waals surface area (Å²) in [6.45, 7) is 2.83. The van der Waals surface area contributed by atoms with Crippen molar-refractivity contribution in [2.75, 3.05) is 6.61 Å². The van der Waals surface area contributed by atoms with Crippen molar-refractivity contribution in [3.05, 3.63) is 66.0 Å². The van der Waals surface area contributed by atoms with Gasteiger partial charge in [-0.15, -0.1) is 0 Å². The Labute approximate surface area is 118 Å². The number of imidazole rings is 1. The van der Waals surface area contributed by atoms with Crippen LogP contribution in [0.25, 0.3) is 11.0 Å². The van der Waals surface area contributed by atoms with Crippen LogP contribution < -0.4 is 0 Å². The molecule has 0 aliphatic carbocycles. The lowest BCUT2D eigenvalue weighted by Crippen LogP contribution is -2.08. The lowest BCUT2D eigenvalue weighted by atomic mass is 10.1. The average molecular weight is 266 g/mol. The van der Waals surface area contributed by atoms with E-state index < -0.39 is 0 Å². The molecule has 102 valence electrons. The summed E-state index contributed by atoms with van der Waals surface area (Å²) in [4.78, 5) is 8.03. The molecule has 0 bridgehead atoms. The molecule has 0 saturated heterocycles. The molecule has 0 fully saturated rings. The maximum atomic E-state index is 6.00. The van der Waals surface area contributed by atoms with Gasteiger partial charge in [0.25, 0.3) is 0 Å². The number of nitrogens with one attached hydrogen (secondary N) is 1. The molecule has 3 rings (SSSR count). The number of para-hydroxylation sites is 2. The summed E-state index contributed by atoms with van der Waals surface area (Å²) in [6.07, 6.45) is 0.854. The molecular weight excluding hydrogens is 248 g/mol. The first kappa shape index (κ1) is 12.9. The highest BCUT2D eigenvalue weighted by atomic mass is 16.5. The van der Waals surface area contributed by atoms with Crippen molar-refractivity contribution in [3.63, 3.8) is 0 Å². The van der Waals surface area contributed by atoms with Crippen LogP contribution >= 0.6 is 0 Å². The van der Waals surface area contributed by atoms with Gasteiger partial charge in [-0.1, -0.05) is 49.4 Å². The third-order valence-corrected chi connectivity index (χ3v) is 3.25. The molecule has 0 radical (unpaired) electrons. The molecule has 0 aliphatic rings. The van der Waals surface area contributed by atoms with Crippen molar-refractivity contribution in [3.8, 4) is 0 Å². The Bertz CT molecular complexity index is 643. The maximum Gasteiger partial charge on any atom is 0.141 e. The van der Waals surface area contributed by atoms with E-state index in [2.05, 4.69) is 29.0 Å². The van der Waals surface area contributed by atoms with Crippen LogP contribution in [0.5, 0.6) is 0 Å².